The van der Waals surface area contributed by atoms with Gasteiger partial charge < -0.3 is 9.64 Å². The molecular formula is C20H24N4O2. The Balaban J connectivity index is 1.50. The standard InChI is InChI=1S/C20H24N4O2/c25-20(17-3-1-6-21-14-17)24-8-2-4-19(24)16-5-7-22-18(13-16)15-23-9-11-26-12-10-23/h1,3,5-7,13-14,19H,2,4,8-12,15H2/t19-/m1/s1. The van der Waals surface area contributed by atoms with E-state index in [1.54, 1.807) is 12.4 Å². The molecule has 2 aromatic rings. The van der Waals surface area contributed by atoms with E-state index in [0.717, 1.165) is 57.9 Å². The fourth-order valence-corrected chi connectivity index (χ4v) is 3.79. The summed E-state index contributed by atoms with van der Waals surface area (Å²) in [5.74, 6) is 0.0622. The monoisotopic (exact) mass is 352 g/mol. The Morgan fingerprint density at radius 2 is 2.08 bits per heavy atom. The van der Waals surface area contributed by atoms with Gasteiger partial charge in [0.1, 0.15) is 0 Å². The minimum absolute atomic E-state index is 0.0622. The van der Waals surface area contributed by atoms with E-state index in [0.29, 0.717) is 5.56 Å². The van der Waals surface area contributed by atoms with Crippen molar-refractivity contribution < 1.29 is 9.53 Å². The molecule has 6 nitrogen and oxygen atoms in total. The number of rotatable bonds is 4. The second-order valence-electron chi connectivity index (χ2n) is 6.87. The molecule has 0 saturated carbocycles. The van der Waals surface area contributed by atoms with Gasteiger partial charge in [-0.1, -0.05) is 0 Å². The van der Waals surface area contributed by atoms with Gasteiger partial charge in [-0.05, 0) is 42.7 Å². The van der Waals surface area contributed by atoms with Crippen molar-refractivity contribution in [2.75, 3.05) is 32.8 Å². The van der Waals surface area contributed by atoms with E-state index in [1.165, 1.54) is 5.56 Å². The Bertz CT molecular complexity index is 746. The van der Waals surface area contributed by atoms with E-state index in [2.05, 4.69) is 20.9 Å². The van der Waals surface area contributed by atoms with Crippen LogP contribution in [-0.2, 0) is 11.3 Å². The zero-order valence-electron chi connectivity index (χ0n) is 14.9. The molecule has 1 amide bonds. The van der Waals surface area contributed by atoms with Crippen molar-refractivity contribution in [3.63, 3.8) is 0 Å². The Hall–Kier alpha value is -2.31. The highest BCUT2D eigenvalue weighted by Gasteiger charge is 2.31. The maximum absolute atomic E-state index is 12.9. The number of pyridine rings is 2. The van der Waals surface area contributed by atoms with Crippen molar-refractivity contribution in [2.45, 2.75) is 25.4 Å². The smallest absolute Gasteiger partial charge is 0.255 e. The van der Waals surface area contributed by atoms with Gasteiger partial charge in [0.25, 0.3) is 5.91 Å². The third-order valence-corrected chi connectivity index (χ3v) is 5.14. The summed E-state index contributed by atoms with van der Waals surface area (Å²) in [4.78, 5) is 25.8. The summed E-state index contributed by atoms with van der Waals surface area (Å²) in [6.07, 6.45) is 7.23. The van der Waals surface area contributed by atoms with E-state index in [4.69, 9.17) is 4.74 Å². The lowest BCUT2D eigenvalue weighted by atomic mass is 10.0. The first-order valence-corrected chi connectivity index (χ1v) is 9.27. The maximum atomic E-state index is 12.9. The molecule has 2 aliphatic rings. The number of ether oxygens (including phenoxy) is 1. The average molecular weight is 352 g/mol. The third kappa shape index (κ3) is 3.76. The predicted octanol–water partition coefficient (Wildman–Crippen LogP) is 2.29. The van der Waals surface area contributed by atoms with Crippen LogP contribution in [0.1, 0.15) is 40.5 Å². The minimum Gasteiger partial charge on any atom is -0.379 e. The number of aromatic nitrogens is 2. The molecule has 0 bridgehead atoms. The Kier molecular flexibility index (Phi) is 5.22. The molecular weight excluding hydrogens is 328 g/mol. The highest BCUT2D eigenvalue weighted by Crippen LogP contribution is 2.33. The summed E-state index contributed by atoms with van der Waals surface area (Å²) in [6.45, 7) is 5.09. The number of hydrogen-bond acceptors (Lipinski definition) is 5. The zero-order chi connectivity index (χ0) is 17.8. The second kappa shape index (κ2) is 7.93. The van der Waals surface area contributed by atoms with Crippen LogP contribution in [0.4, 0.5) is 0 Å². The van der Waals surface area contributed by atoms with Crippen LogP contribution in [0, 0.1) is 0 Å². The van der Waals surface area contributed by atoms with Crippen LogP contribution in [0.15, 0.2) is 42.9 Å². The van der Waals surface area contributed by atoms with Crippen LogP contribution < -0.4 is 0 Å². The molecule has 0 unspecified atom stereocenters. The highest BCUT2D eigenvalue weighted by atomic mass is 16.5. The molecule has 4 rings (SSSR count). The number of hydrogen-bond donors (Lipinski definition) is 0. The van der Waals surface area contributed by atoms with Crippen LogP contribution in [0.2, 0.25) is 0 Å². The predicted molar refractivity (Wildman–Crippen MR) is 97.6 cm³/mol. The van der Waals surface area contributed by atoms with Gasteiger partial charge in [0.2, 0.25) is 0 Å². The second-order valence-corrected chi connectivity index (χ2v) is 6.87. The van der Waals surface area contributed by atoms with Crippen LogP contribution in [0.5, 0.6) is 0 Å². The summed E-state index contributed by atoms with van der Waals surface area (Å²) < 4.78 is 5.41. The lowest BCUT2D eigenvalue weighted by Crippen LogP contribution is -2.36. The molecule has 0 spiro atoms. The third-order valence-electron chi connectivity index (χ3n) is 5.14. The summed E-state index contributed by atoms with van der Waals surface area (Å²) in [6, 6.07) is 7.97. The first kappa shape index (κ1) is 17.1. The molecule has 0 aliphatic carbocycles. The molecule has 2 saturated heterocycles. The fourth-order valence-electron chi connectivity index (χ4n) is 3.79. The van der Waals surface area contributed by atoms with Crippen molar-refractivity contribution in [3.8, 4) is 0 Å². The molecule has 136 valence electrons. The minimum atomic E-state index is 0.0622. The number of carbonyl (C=O) groups is 1. The van der Waals surface area contributed by atoms with E-state index in [1.807, 2.05) is 29.3 Å². The topological polar surface area (TPSA) is 58.6 Å². The van der Waals surface area contributed by atoms with Gasteiger partial charge in [0.15, 0.2) is 0 Å². The maximum Gasteiger partial charge on any atom is 0.255 e. The number of carbonyl (C=O) groups excluding carboxylic acids is 1. The molecule has 2 aliphatic heterocycles. The van der Waals surface area contributed by atoms with Gasteiger partial charge in [-0.25, -0.2) is 0 Å². The lowest BCUT2D eigenvalue weighted by Gasteiger charge is -2.27. The molecule has 0 aromatic carbocycles. The molecule has 0 N–H and O–H groups in total. The van der Waals surface area contributed by atoms with Gasteiger partial charge in [0.05, 0.1) is 30.5 Å². The molecule has 4 heterocycles. The van der Waals surface area contributed by atoms with Crippen LogP contribution in [-0.4, -0.2) is 58.5 Å². The number of nitrogens with zero attached hydrogens (tertiary/aromatic N) is 4. The van der Waals surface area contributed by atoms with E-state index < -0.39 is 0 Å². The fraction of sp³-hybridized carbons (Fsp3) is 0.450. The van der Waals surface area contributed by atoms with E-state index in [-0.39, 0.29) is 11.9 Å². The highest BCUT2D eigenvalue weighted by molar-refractivity contribution is 5.94. The van der Waals surface area contributed by atoms with Gasteiger partial charge in [-0.2, -0.15) is 0 Å². The van der Waals surface area contributed by atoms with Gasteiger partial charge in [-0.3, -0.25) is 19.7 Å². The van der Waals surface area contributed by atoms with Crippen LogP contribution in [0.25, 0.3) is 0 Å². The normalized spacial score (nSPS) is 21.1. The van der Waals surface area contributed by atoms with E-state index >= 15 is 0 Å². The number of amides is 1. The quantitative estimate of drug-likeness (QED) is 0.845. The largest absolute Gasteiger partial charge is 0.379 e. The summed E-state index contributed by atoms with van der Waals surface area (Å²) in [7, 11) is 0. The molecule has 1 atom stereocenters. The van der Waals surface area contributed by atoms with Crippen molar-refractivity contribution in [2.24, 2.45) is 0 Å². The first-order chi connectivity index (χ1) is 12.8. The zero-order valence-corrected chi connectivity index (χ0v) is 14.9. The van der Waals surface area contributed by atoms with Gasteiger partial charge in [-0.15, -0.1) is 0 Å². The van der Waals surface area contributed by atoms with E-state index in [9.17, 15) is 4.79 Å². The molecule has 0 radical (unpaired) electrons. The average Bonchev–Trinajstić information content (AvgIpc) is 3.19. The number of likely N-dealkylation sites (tertiary alicyclic amines) is 1. The van der Waals surface area contributed by atoms with Crippen molar-refractivity contribution in [3.05, 3.63) is 59.7 Å². The van der Waals surface area contributed by atoms with Crippen LogP contribution in [0.3, 0.4) is 0 Å². The van der Waals surface area contributed by atoms with Crippen LogP contribution >= 0.6 is 0 Å². The molecule has 2 fully saturated rings. The lowest BCUT2D eigenvalue weighted by molar-refractivity contribution is 0.0336. The Labute approximate surface area is 153 Å². The molecule has 6 heteroatoms. The van der Waals surface area contributed by atoms with Crippen molar-refractivity contribution in [1.82, 2.24) is 19.8 Å². The first-order valence-electron chi connectivity index (χ1n) is 9.27. The van der Waals surface area contributed by atoms with Crippen molar-refractivity contribution in [1.29, 1.82) is 0 Å². The van der Waals surface area contributed by atoms with Crippen molar-refractivity contribution >= 4 is 5.91 Å². The number of morpholine rings is 1. The molecule has 26 heavy (non-hydrogen) atoms. The summed E-state index contributed by atoms with van der Waals surface area (Å²) in [5.41, 5.74) is 2.89. The Morgan fingerprint density at radius 1 is 1.19 bits per heavy atom. The van der Waals surface area contributed by atoms with Gasteiger partial charge in [0, 0.05) is 44.8 Å². The summed E-state index contributed by atoms with van der Waals surface area (Å²) >= 11 is 0. The SMILES string of the molecule is O=C(c1cccnc1)N1CCC[C@@H]1c1ccnc(CN2CCOCC2)c1. The Morgan fingerprint density at radius 3 is 2.88 bits per heavy atom. The van der Waals surface area contributed by atoms with Gasteiger partial charge >= 0.3 is 0 Å². The molecule has 2 aromatic heterocycles. The summed E-state index contributed by atoms with van der Waals surface area (Å²) in [5, 5.41) is 0.